The molecule has 1 aromatic carbocycles. The highest BCUT2D eigenvalue weighted by molar-refractivity contribution is 5.60. The molecule has 0 aromatic heterocycles. The number of rotatable bonds is 8. The number of hydrogen-bond donors (Lipinski definition) is 5. The summed E-state index contributed by atoms with van der Waals surface area (Å²) in [4.78, 5) is 10.0. The van der Waals surface area contributed by atoms with Crippen molar-refractivity contribution in [1.82, 2.24) is 5.32 Å². The van der Waals surface area contributed by atoms with Gasteiger partial charge in [-0.25, -0.2) is 0 Å². The second-order valence-corrected chi connectivity index (χ2v) is 3.62. The molecule has 0 fully saturated rings. The van der Waals surface area contributed by atoms with Crippen LogP contribution in [0.15, 0.2) is 24.3 Å². The van der Waals surface area contributed by atoms with Gasteiger partial charge in [0.2, 0.25) is 0 Å². The van der Waals surface area contributed by atoms with Gasteiger partial charge in [-0.3, -0.25) is 10.1 Å². The Balaban J connectivity index is 0.000000441. The first-order valence-corrected chi connectivity index (χ1v) is 6.18. The Morgan fingerprint density at radius 3 is 2.05 bits per heavy atom. The fourth-order valence-electron chi connectivity index (χ4n) is 1.26. The van der Waals surface area contributed by atoms with E-state index in [4.69, 9.17) is 15.3 Å². The molecule has 0 saturated heterocycles. The maximum atomic E-state index is 10.5. The first-order valence-electron chi connectivity index (χ1n) is 6.18. The van der Waals surface area contributed by atoms with Crippen LogP contribution in [0.1, 0.15) is 0 Å². The first-order chi connectivity index (χ1) is 9.67. The van der Waals surface area contributed by atoms with E-state index < -0.39 is 4.92 Å². The second-order valence-electron chi connectivity index (χ2n) is 3.62. The molecule has 0 aliphatic rings. The summed E-state index contributed by atoms with van der Waals surface area (Å²) < 4.78 is 0. The molecule has 0 spiro atoms. The van der Waals surface area contributed by atoms with E-state index in [1.165, 1.54) is 6.07 Å². The molecule has 114 valence electrons. The highest BCUT2D eigenvalue weighted by Gasteiger charge is 2.10. The number of nitro groups is 1. The van der Waals surface area contributed by atoms with Gasteiger partial charge in [0.15, 0.2) is 0 Å². The number of nitro benzene ring substituents is 1. The number of aliphatic hydroxyl groups excluding tert-OH is 3. The van der Waals surface area contributed by atoms with Crippen molar-refractivity contribution >= 4 is 11.4 Å². The molecule has 0 amide bonds. The summed E-state index contributed by atoms with van der Waals surface area (Å²) in [6.45, 7) is 1.68. The summed E-state index contributed by atoms with van der Waals surface area (Å²) in [5, 5.41) is 40.8. The van der Waals surface area contributed by atoms with E-state index in [1.807, 2.05) is 0 Å². The smallest absolute Gasteiger partial charge is 0.292 e. The zero-order valence-electron chi connectivity index (χ0n) is 11.2. The van der Waals surface area contributed by atoms with Gasteiger partial charge in [-0.15, -0.1) is 0 Å². The van der Waals surface area contributed by atoms with E-state index >= 15 is 0 Å². The average Bonchev–Trinajstić information content (AvgIpc) is 2.46. The third kappa shape index (κ3) is 8.38. The van der Waals surface area contributed by atoms with Gasteiger partial charge in [-0.05, 0) is 6.07 Å². The van der Waals surface area contributed by atoms with Crippen molar-refractivity contribution in [2.75, 3.05) is 44.8 Å². The molecule has 8 heteroatoms. The van der Waals surface area contributed by atoms with Crippen LogP contribution in [0, 0.1) is 10.1 Å². The molecule has 5 N–H and O–H groups in total. The molecule has 0 heterocycles. The first kappa shape index (κ1) is 18.3. The Bertz CT molecular complexity index is 372. The number of aliphatic hydroxyl groups is 3. The zero-order chi connectivity index (χ0) is 15.2. The number of hydrogen-bond acceptors (Lipinski definition) is 7. The van der Waals surface area contributed by atoms with Crippen molar-refractivity contribution in [1.29, 1.82) is 0 Å². The maximum absolute atomic E-state index is 10.5. The van der Waals surface area contributed by atoms with Gasteiger partial charge in [0.1, 0.15) is 5.69 Å². The minimum atomic E-state index is -0.459. The summed E-state index contributed by atoms with van der Waals surface area (Å²) in [5.41, 5.74) is 0.456. The fraction of sp³-hybridized carbons (Fsp3) is 0.500. The topological polar surface area (TPSA) is 128 Å². The Morgan fingerprint density at radius 1 is 1.00 bits per heavy atom. The minimum Gasteiger partial charge on any atom is -0.395 e. The lowest BCUT2D eigenvalue weighted by Gasteiger charge is -2.03. The van der Waals surface area contributed by atoms with E-state index in [2.05, 4.69) is 10.6 Å². The normalized spacial score (nSPS) is 9.55. The third-order valence-corrected chi connectivity index (χ3v) is 2.11. The van der Waals surface area contributed by atoms with E-state index in [0.717, 1.165) is 0 Å². The largest absolute Gasteiger partial charge is 0.395 e. The molecule has 1 rings (SSSR count). The highest BCUT2D eigenvalue weighted by atomic mass is 16.6. The van der Waals surface area contributed by atoms with Gasteiger partial charge in [0, 0.05) is 25.7 Å². The third-order valence-electron chi connectivity index (χ3n) is 2.11. The van der Waals surface area contributed by atoms with Gasteiger partial charge in [-0.2, -0.15) is 0 Å². The number of nitrogens with one attached hydrogen (secondary N) is 2. The van der Waals surface area contributed by atoms with Crippen LogP contribution in [-0.2, 0) is 0 Å². The molecule has 0 atom stereocenters. The predicted octanol–water partition coefficient (Wildman–Crippen LogP) is -0.440. The predicted molar refractivity (Wildman–Crippen MR) is 75.7 cm³/mol. The van der Waals surface area contributed by atoms with Crippen LogP contribution in [0.2, 0.25) is 0 Å². The molecule has 0 aliphatic carbocycles. The van der Waals surface area contributed by atoms with Crippen molar-refractivity contribution in [3.8, 4) is 0 Å². The van der Waals surface area contributed by atoms with Crippen LogP contribution < -0.4 is 10.6 Å². The number of nitrogens with zero attached hydrogens (tertiary/aromatic N) is 1. The van der Waals surface area contributed by atoms with Gasteiger partial charge in [0.25, 0.3) is 5.69 Å². The molecular weight excluding hydrogens is 266 g/mol. The van der Waals surface area contributed by atoms with E-state index in [9.17, 15) is 10.1 Å². The number of anilines is 1. The fourth-order valence-corrected chi connectivity index (χ4v) is 1.26. The Labute approximate surface area is 117 Å². The van der Waals surface area contributed by atoms with Crippen molar-refractivity contribution < 1.29 is 20.2 Å². The Hall–Kier alpha value is -1.74. The Kier molecular flexibility index (Phi) is 11.2. The molecule has 0 aliphatic heterocycles. The van der Waals surface area contributed by atoms with Crippen LogP contribution >= 0.6 is 0 Å². The maximum Gasteiger partial charge on any atom is 0.292 e. The molecule has 1 aromatic rings. The highest BCUT2D eigenvalue weighted by Crippen LogP contribution is 2.22. The van der Waals surface area contributed by atoms with Crippen LogP contribution in [0.25, 0.3) is 0 Å². The van der Waals surface area contributed by atoms with Crippen LogP contribution in [-0.4, -0.2) is 59.7 Å². The van der Waals surface area contributed by atoms with Crippen molar-refractivity contribution in [2.24, 2.45) is 0 Å². The van der Waals surface area contributed by atoms with Crippen molar-refractivity contribution in [2.45, 2.75) is 0 Å². The Morgan fingerprint density at radius 2 is 1.55 bits per heavy atom. The summed E-state index contributed by atoms with van der Waals surface area (Å²) in [7, 11) is 0. The number of benzene rings is 1. The van der Waals surface area contributed by atoms with Crippen molar-refractivity contribution in [3.63, 3.8) is 0 Å². The van der Waals surface area contributed by atoms with E-state index in [-0.39, 0.29) is 25.5 Å². The van der Waals surface area contributed by atoms with Gasteiger partial charge >= 0.3 is 0 Å². The molecule has 0 radical (unpaired) electrons. The molecule has 20 heavy (non-hydrogen) atoms. The monoisotopic (exact) mass is 287 g/mol. The van der Waals surface area contributed by atoms with Crippen LogP contribution in [0.5, 0.6) is 0 Å². The molecule has 0 unspecified atom stereocenters. The molecule has 8 nitrogen and oxygen atoms in total. The standard InChI is InChI=1S/C8H10N2O3.C4H11NO2/c11-6-5-9-7-3-1-2-4-8(7)10(12)13;6-3-1-5-2-4-7/h1-4,9,11H,5-6H2;5-7H,1-4H2. The number of para-hydroxylation sites is 2. The van der Waals surface area contributed by atoms with Crippen molar-refractivity contribution in [3.05, 3.63) is 34.4 Å². The summed E-state index contributed by atoms with van der Waals surface area (Å²) in [6, 6.07) is 6.32. The van der Waals surface area contributed by atoms with Crippen LogP contribution in [0.4, 0.5) is 11.4 Å². The molecular formula is C12H21N3O5. The summed E-state index contributed by atoms with van der Waals surface area (Å²) in [6.07, 6.45) is 0. The molecule has 0 saturated carbocycles. The lowest BCUT2D eigenvalue weighted by atomic mass is 10.2. The lowest BCUT2D eigenvalue weighted by Crippen LogP contribution is -2.21. The van der Waals surface area contributed by atoms with Crippen LogP contribution in [0.3, 0.4) is 0 Å². The minimum absolute atomic E-state index is 0.0240. The summed E-state index contributed by atoms with van der Waals surface area (Å²) >= 11 is 0. The average molecular weight is 287 g/mol. The lowest BCUT2D eigenvalue weighted by molar-refractivity contribution is -0.384. The molecule has 0 bridgehead atoms. The second kappa shape index (κ2) is 12.3. The van der Waals surface area contributed by atoms with Gasteiger partial charge < -0.3 is 26.0 Å². The van der Waals surface area contributed by atoms with E-state index in [1.54, 1.807) is 18.2 Å². The van der Waals surface area contributed by atoms with Gasteiger partial charge in [0.05, 0.1) is 24.7 Å². The zero-order valence-corrected chi connectivity index (χ0v) is 11.2. The quantitative estimate of drug-likeness (QED) is 0.249. The van der Waals surface area contributed by atoms with Gasteiger partial charge in [-0.1, -0.05) is 12.1 Å². The summed E-state index contributed by atoms with van der Waals surface area (Å²) in [5.74, 6) is 0. The van der Waals surface area contributed by atoms with E-state index in [0.29, 0.717) is 25.3 Å². The SMILES string of the molecule is O=[N+]([O-])c1ccccc1NCCO.OCCNCCO.